The summed E-state index contributed by atoms with van der Waals surface area (Å²) in [5, 5.41) is 9.98. The van der Waals surface area contributed by atoms with Gasteiger partial charge in [0.15, 0.2) is 11.5 Å². The lowest BCUT2D eigenvalue weighted by molar-refractivity contribution is 0.101. The number of aromatic nitrogens is 2. The van der Waals surface area contributed by atoms with Gasteiger partial charge in [0, 0.05) is 22.9 Å². The summed E-state index contributed by atoms with van der Waals surface area (Å²) in [6.07, 6.45) is 0. The number of carbonyl (C=O) groups is 1. The van der Waals surface area contributed by atoms with Crippen molar-refractivity contribution >= 4 is 11.6 Å². The van der Waals surface area contributed by atoms with Crippen LogP contribution in [0.5, 0.6) is 17.2 Å². The number of anilines is 1. The molecular weight excluding hydrogens is 334 g/mol. The second-order valence-corrected chi connectivity index (χ2v) is 5.73. The van der Waals surface area contributed by atoms with Gasteiger partial charge in [-0.3, -0.25) is 9.89 Å². The molecule has 0 saturated heterocycles. The molecule has 132 valence electrons. The predicted molar refractivity (Wildman–Crippen MR) is 95.9 cm³/mol. The molecule has 7 nitrogen and oxygen atoms in total. The number of methoxy groups -OCH3 is 2. The van der Waals surface area contributed by atoms with Gasteiger partial charge in [0.2, 0.25) is 0 Å². The van der Waals surface area contributed by atoms with Crippen molar-refractivity contribution in [2.75, 3.05) is 19.5 Å². The van der Waals surface area contributed by atoms with E-state index in [1.165, 1.54) is 0 Å². The number of nitrogens with zero attached hydrogens (tertiary/aromatic N) is 1. The smallest absolute Gasteiger partial charge is 0.274 e. The van der Waals surface area contributed by atoms with Crippen LogP contribution in [0.25, 0.3) is 11.3 Å². The first-order chi connectivity index (χ1) is 12.7. The number of ether oxygens (including phenoxy) is 3. The van der Waals surface area contributed by atoms with Crippen molar-refractivity contribution in [3.05, 3.63) is 53.7 Å². The topological polar surface area (TPSA) is 85.5 Å². The van der Waals surface area contributed by atoms with E-state index in [4.69, 9.17) is 14.2 Å². The van der Waals surface area contributed by atoms with Crippen LogP contribution in [0.4, 0.5) is 5.69 Å². The summed E-state index contributed by atoms with van der Waals surface area (Å²) in [4.78, 5) is 12.7. The molecule has 0 radical (unpaired) electrons. The molecule has 7 heteroatoms. The third-order valence-electron chi connectivity index (χ3n) is 4.25. The van der Waals surface area contributed by atoms with Crippen LogP contribution in [0.1, 0.15) is 16.1 Å². The van der Waals surface area contributed by atoms with Crippen LogP contribution in [0.3, 0.4) is 0 Å². The number of hydrogen-bond acceptors (Lipinski definition) is 5. The number of aromatic amines is 1. The molecular formula is C19H17N3O4. The Balaban J connectivity index is 1.62. The minimum atomic E-state index is -0.297. The van der Waals surface area contributed by atoms with Gasteiger partial charge in [0.25, 0.3) is 5.91 Å². The second kappa shape index (κ2) is 6.44. The zero-order valence-corrected chi connectivity index (χ0v) is 14.3. The first-order valence-electron chi connectivity index (χ1n) is 8.04. The van der Waals surface area contributed by atoms with Crippen LogP contribution in [-0.4, -0.2) is 30.3 Å². The summed E-state index contributed by atoms with van der Waals surface area (Å²) in [5.74, 6) is 1.59. The number of rotatable bonds is 4. The van der Waals surface area contributed by atoms with Crippen molar-refractivity contribution in [2.45, 2.75) is 6.61 Å². The van der Waals surface area contributed by atoms with Gasteiger partial charge in [-0.15, -0.1) is 0 Å². The van der Waals surface area contributed by atoms with Crippen LogP contribution < -0.4 is 19.5 Å². The average molecular weight is 351 g/mol. The summed E-state index contributed by atoms with van der Waals surface area (Å²) in [6.45, 7) is 0.289. The molecule has 1 aliphatic heterocycles. The second-order valence-electron chi connectivity index (χ2n) is 5.73. The van der Waals surface area contributed by atoms with E-state index in [2.05, 4.69) is 15.5 Å². The summed E-state index contributed by atoms with van der Waals surface area (Å²) in [5.41, 5.74) is 3.32. The van der Waals surface area contributed by atoms with E-state index in [1.807, 2.05) is 24.3 Å². The monoisotopic (exact) mass is 351 g/mol. The highest BCUT2D eigenvalue weighted by Gasteiger charge is 2.26. The molecule has 4 rings (SSSR count). The molecule has 2 heterocycles. The summed E-state index contributed by atoms with van der Waals surface area (Å²) in [7, 11) is 3.11. The van der Waals surface area contributed by atoms with Crippen LogP contribution in [0.15, 0.2) is 42.5 Å². The number of hydrogen-bond donors (Lipinski definition) is 2. The molecule has 0 unspecified atom stereocenters. The van der Waals surface area contributed by atoms with E-state index in [0.29, 0.717) is 22.9 Å². The summed E-state index contributed by atoms with van der Waals surface area (Å²) >= 11 is 0. The van der Waals surface area contributed by atoms with Gasteiger partial charge < -0.3 is 19.5 Å². The zero-order valence-electron chi connectivity index (χ0n) is 14.3. The molecule has 1 aliphatic rings. The van der Waals surface area contributed by atoms with E-state index in [9.17, 15) is 4.79 Å². The minimum Gasteiger partial charge on any atom is -0.493 e. The Bertz CT molecular complexity index is 981. The Morgan fingerprint density at radius 1 is 1.15 bits per heavy atom. The molecule has 1 aromatic heterocycles. The molecule has 0 aliphatic carbocycles. The van der Waals surface area contributed by atoms with Gasteiger partial charge in [-0.2, -0.15) is 5.10 Å². The van der Waals surface area contributed by atoms with Gasteiger partial charge >= 0.3 is 0 Å². The van der Waals surface area contributed by atoms with E-state index < -0.39 is 0 Å². The van der Waals surface area contributed by atoms with E-state index in [-0.39, 0.29) is 12.5 Å². The van der Waals surface area contributed by atoms with Crippen molar-refractivity contribution < 1.29 is 19.0 Å². The van der Waals surface area contributed by atoms with Gasteiger partial charge in [0.1, 0.15) is 23.7 Å². The lowest BCUT2D eigenvalue weighted by Gasteiger charge is -2.17. The lowest BCUT2D eigenvalue weighted by Crippen LogP contribution is -2.16. The van der Waals surface area contributed by atoms with Crippen molar-refractivity contribution in [1.29, 1.82) is 0 Å². The number of para-hydroxylation sites is 1. The van der Waals surface area contributed by atoms with E-state index >= 15 is 0 Å². The molecule has 26 heavy (non-hydrogen) atoms. The quantitative estimate of drug-likeness (QED) is 0.754. The lowest BCUT2D eigenvalue weighted by atomic mass is 10.0. The molecule has 3 aromatic rings. The summed E-state index contributed by atoms with van der Waals surface area (Å²) in [6, 6.07) is 12.8. The Morgan fingerprint density at radius 2 is 1.96 bits per heavy atom. The van der Waals surface area contributed by atoms with Crippen molar-refractivity contribution in [3.8, 4) is 28.5 Å². The molecule has 0 fully saturated rings. The number of nitrogens with one attached hydrogen (secondary N) is 2. The van der Waals surface area contributed by atoms with Gasteiger partial charge in [-0.05, 0) is 24.3 Å². The Labute approximate surface area is 149 Å². The van der Waals surface area contributed by atoms with Crippen molar-refractivity contribution in [1.82, 2.24) is 10.2 Å². The first-order valence-corrected chi connectivity index (χ1v) is 8.04. The number of fused-ring (bicyclic) bond motifs is 3. The average Bonchev–Trinajstić information content (AvgIpc) is 3.12. The van der Waals surface area contributed by atoms with E-state index in [0.717, 1.165) is 22.6 Å². The maximum absolute atomic E-state index is 12.7. The fourth-order valence-corrected chi connectivity index (χ4v) is 2.96. The molecule has 0 atom stereocenters. The van der Waals surface area contributed by atoms with Gasteiger partial charge in [0.05, 0.1) is 14.2 Å². The van der Waals surface area contributed by atoms with Crippen molar-refractivity contribution in [2.24, 2.45) is 0 Å². The van der Waals surface area contributed by atoms with Gasteiger partial charge in [-0.1, -0.05) is 12.1 Å². The van der Waals surface area contributed by atoms with Crippen LogP contribution in [-0.2, 0) is 6.61 Å². The largest absolute Gasteiger partial charge is 0.493 e. The fourth-order valence-electron chi connectivity index (χ4n) is 2.96. The summed E-state index contributed by atoms with van der Waals surface area (Å²) < 4.78 is 16.2. The van der Waals surface area contributed by atoms with E-state index in [1.54, 1.807) is 32.4 Å². The van der Waals surface area contributed by atoms with Gasteiger partial charge in [-0.25, -0.2) is 0 Å². The third kappa shape index (κ3) is 2.63. The Kier molecular flexibility index (Phi) is 3.96. The first kappa shape index (κ1) is 16.0. The number of H-pyrrole nitrogens is 1. The number of carbonyl (C=O) groups excluding carboxylic acids is 1. The highest BCUT2D eigenvalue weighted by molar-refractivity contribution is 6.05. The van der Waals surface area contributed by atoms with Crippen LogP contribution >= 0.6 is 0 Å². The molecule has 2 N–H and O–H groups in total. The standard InChI is InChI=1S/C19H17N3O4/c1-24-15-8-7-11(9-16(15)25-2)20-19(23)18-13-10-26-14-6-4-3-5-12(14)17(13)21-22-18/h3-9H,10H2,1-2H3,(H,20,23)(H,21,22). The Hall–Kier alpha value is -3.48. The maximum atomic E-state index is 12.7. The molecule has 0 spiro atoms. The molecule has 1 amide bonds. The SMILES string of the molecule is COc1ccc(NC(=O)c2[nH]nc3c2COc2ccccc2-3)cc1OC. The maximum Gasteiger partial charge on any atom is 0.274 e. The number of amides is 1. The van der Waals surface area contributed by atoms with Crippen molar-refractivity contribution in [3.63, 3.8) is 0 Å². The molecule has 2 aromatic carbocycles. The highest BCUT2D eigenvalue weighted by Crippen LogP contribution is 2.37. The minimum absolute atomic E-state index is 0.289. The fraction of sp³-hybridized carbons (Fsp3) is 0.158. The predicted octanol–water partition coefficient (Wildman–Crippen LogP) is 3.24. The normalized spacial score (nSPS) is 11.8. The van der Waals surface area contributed by atoms with Crippen LogP contribution in [0, 0.1) is 0 Å². The Morgan fingerprint density at radius 3 is 2.77 bits per heavy atom. The molecule has 0 bridgehead atoms. The van der Waals surface area contributed by atoms with Crippen LogP contribution in [0.2, 0.25) is 0 Å². The molecule has 0 saturated carbocycles. The zero-order chi connectivity index (χ0) is 18.1. The highest BCUT2D eigenvalue weighted by atomic mass is 16.5. The third-order valence-corrected chi connectivity index (χ3v) is 4.25. The number of benzene rings is 2.